The van der Waals surface area contributed by atoms with Gasteiger partial charge in [-0.1, -0.05) is 17.3 Å². The first kappa shape index (κ1) is 15.1. The van der Waals surface area contributed by atoms with E-state index in [1.807, 2.05) is 38.2 Å². The normalized spacial score (nSPS) is 12.0. The molecule has 3 N–H and O–H groups in total. The van der Waals surface area contributed by atoms with Gasteiger partial charge in [0.2, 0.25) is 0 Å². The second-order valence-electron chi connectivity index (χ2n) is 4.88. The number of benzene rings is 1. The van der Waals surface area contributed by atoms with Gasteiger partial charge in [-0.3, -0.25) is 0 Å². The second-order valence-corrected chi connectivity index (χ2v) is 4.88. The molecule has 1 heterocycles. The highest BCUT2D eigenvalue weighted by atomic mass is 16.5. The number of anilines is 1. The van der Waals surface area contributed by atoms with Crippen LogP contribution in [0.4, 0.5) is 10.5 Å². The number of nitrogens with zero attached hydrogens (tertiary/aromatic N) is 1. The SMILES string of the molecule is CNC(C)c1cccc(NC(=O)NCc2cc(C)no2)c1. The van der Waals surface area contributed by atoms with Gasteiger partial charge in [-0.15, -0.1) is 0 Å². The molecule has 6 nitrogen and oxygen atoms in total. The molecule has 1 aromatic carbocycles. The largest absolute Gasteiger partial charge is 0.359 e. The van der Waals surface area contributed by atoms with Crippen molar-refractivity contribution in [2.75, 3.05) is 12.4 Å². The number of nitrogens with one attached hydrogen (secondary N) is 3. The Morgan fingerprint density at radius 1 is 1.38 bits per heavy atom. The lowest BCUT2D eigenvalue weighted by Crippen LogP contribution is -2.28. The number of aromatic nitrogens is 1. The number of hydrogen-bond acceptors (Lipinski definition) is 4. The van der Waals surface area contributed by atoms with Crippen LogP contribution in [0.25, 0.3) is 0 Å². The van der Waals surface area contributed by atoms with Crippen LogP contribution in [0.2, 0.25) is 0 Å². The Kier molecular flexibility index (Phi) is 4.94. The quantitative estimate of drug-likeness (QED) is 0.790. The minimum Gasteiger partial charge on any atom is -0.359 e. The summed E-state index contributed by atoms with van der Waals surface area (Å²) in [5.74, 6) is 0.625. The highest BCUT2D eigenvalue weighted by Gasteiger charge is 2.07. The molecule has 1 atom stereocenters. The van der Waals surface area contributed by atoms with Gasteiger partial charge in [0.15, 0.2) is 5.76 Å². The molecular weight excluding hydrogens is 268 g/mol. The maximum absolute atomic E-state index is 11.8. The molecule has 2 rings (SSSR count). The van der Waals surface area contributed by atoms with E-state index in [0.29, 0.717) is 12.3 Å². The van der Waals surface area contributed by atoms with E-state index in [9.17, 15) is 4.79 Å². The summed E-state index contributed by atoms with van der Waals surface area (Å²) in [6, 6.07) is 9.46. The fraction of sp³-hybridized carbons (Fsp3) is 0.333. The summed E-state index contributed by atoms with van der Waals surface area (Å²) in [6.07, 6.45) is 0. The van der Waals surface area contributed by atoms with E-state index >= 15 is 0 Å². The Labute approximate surface area is 123 Å². The first-order chi connectivity index (χ1) is 10.1. The molecule has 2 aromatic rings. The van der Waals surface area contributed by atoms with Crippen molar-refractivity contribution in [3.63, 3.8) is 0 Å². The molecule has 6 heteroatoms. The molecule has 0 saturated heterocycles. The van der Waals surface area contributed by atoms with Crippen molar-refractivity contribution in [1.29, 1.82) is 0 Å². The van der Waals surface area contributed by atoms with E-state index in [2.05, 4.69) is 28.0 Å². The molecular formula is C15H20N4O2. The summed E-state index contributed by atoms with van der Waals surface area (Å²) < 4.78 is 5.03. The van der Waals surface area contributed by atoms with E-state index in [0.717, 1.165) is 16.9 Å². The zero-order valence-electron chi connectivity index (χ0n) is 12.4. The van der Waals surface area contributed by atoms with E-state index < -0.39 is 0 Å². The molecule has 0 aliphatic carbocycles. The molecule has 112 valence electrons. The van der Waals surface area contributed by atoms with E-state index in [4.69, 9.17) is 4.52 Å². The summed E-state index contributed by atoms with van der Waals surface area (Å²) in [6.45, 7) is 4.20. The van der Waals surface area contributed by atoms with Gasteiger partial charge < -0.3 is 20.5 Å². The number of hydrogen-bond donors (Lipinski definition) is 3. The highest BCUT2D eigenvalue weighted by Crippen LogP contribution is 2.16. The van der Waals surface area contributed by atoms with Crippen molar-refractivity contribution in [3.8, 4) is 0 Å². The van der Waals surface area contributed by atoms with Gasteiger partial charge in [0.05, 0.1) is 12.2 Å². The topological polar surface area (TPSA) is 79.2 Å². The minimum atomic E-state index is -0.279. The lowest BCUT2D eigenvalue weighted by atomic mass is 10.1. The predicted octanol–water partition coefficient (Wildman–Crippen LogP) is 2.59. The van der Waals surface area contributed by atoms with Gasteiger partial charge in [0, 0.05) is 17.8 Å². The smallest absolute Gasteiger partial charge is 0.319 e. The summed E-state index contributed by atoms with van der Waals surface area (Å²) in [7, 11) is 1.90. The molecule has 0 aliphatic rings. The van der Waals surface area contributed by atoms with Gasteiger partial charge in [-0.05, 0) is 38.6 Å². The Bertz CT molecular complexity index is 609. The van der Waals surface area contributed by atoms with E-state index in [1.165, 1.54) is 0 Å². The molecule has 0 radical (unpaired) electrons. The summed E-state index contributed by atoms with van der Waals surface area (Å²) in [4.78, 5) is 11.8. The van der Waals surface area contributed by atoms with Crippen molar-refractivity contribution in [2.24, 2.45) is 0 Å². The van der Waals surface area contributed by atoms with Crippen molar-refractivity contribution in [1.82, 2.24) is 15.8 Å². The lowest BCUT2D eigenvalue weighted by molar-refractivity contribution is 0.250. The van der Waals surface area contributed by atoms with Gasteiger partial charge in [-0.25, -0.2) is 4.79 Å². The van der Waals surface area contributed by atoms with E-state index in [1.54, 1.807) is 6.07 Å². The first-order valence-corrected chi connectivity index (χ1v) is 6.82. The fourth-order valence-corrected chi connectivity index (χ4v) is 1.89. The van der Waals surface area contributed by atoms with Crippen LogP contribution >= 0.6 is 0 Å². The predicted molar refractivity (Wildman–Crippen MR) is 81.0 cm³/mol. The van der Waals surface area contributed by atoms with Crippen LogP contribution in [0, 0.1) is 6.92 Å². The summed E-state index contributed by atoms with van der Waals surface area (Å²) >= 11 is 0. The van der Waals surface area contributed by atoms with Crippen LogP contribution in [0.15, 0.2) is 34.9 Å². The van der Waals surface area contributed by atoms with E-state index in [-0.39, 0.29) is 12.1 Å². The molecule has 0 saturated carbocycles. The third kappa shape index (κ3) is 4.32. The number of aryl methyl sites for hydroxylation is 1. The molecule has 0 aliphatic heterocycles. The molecule has 1 unspecified atom stereocenters. The third-order valence-electron chi connectivity index (χ3n) is 3.18. The van der Waals surface area contributed by atoms with Crippen LogP contribution in [0.3, 0.4) is 0 Å². The Balaban J connectivity index is 1.90. The zero-order chi connectivity index (χ0) is 15.2. The molecule has 0 spiro atoms. The lowest BCUT2D eigenvalue weighted by Gasteiger charge is -2.12. The van der Waals surface area contributed by atoms with Gasteiger partial charge in [0.1, 0.15) is 0 Å². The number of rotatable bonds is 5. The van der Waals surface area contributed by atoms with Crippen LogP contribution in [-0.2, 0) is 6.54 Å². The van der Waals surface area contributed by atoms with Gasteiger partial charge >= 0.3 is 6.03 Å². The summed E-state index contributed by atoms with van der Waals surface area (Å²) in [5.41, 5.74) is 2.66. The minimum absolute atomic E-state index is 0.229. The first-order valence-electron chi connectivity index (χ1n) is 6.82. The Morgan fingerprint density at radius 3 is 2.86 bits per heavy atom. The molecule has 21 heavy (non-hydrogen) atoms. The Morgan fingerprint density at radius 2 is 2.19 bits per heavy atom. The number of carbonyl (C=O) groups excluding carboxylic acids is 1. The number of urea groups is 1. The molecule has 0 bridgehead atoms. The van der Waals surface area contributed by atoms with Gasteiger partial charge in [-0.2, -0.15) is 0 Å². The summed E-state index contributed by atoms with van der Waals surface area (Å²) in [5, 5.41) is 12.5. The van der Waals surface area contributed by atoms with Crippen molar-refractivity contribution < 1.29 is 9.32 Å². The third-order valence-corrected chi connectivity index (χ3v) is 3.18. The molecule has 0 fully saturated rings. The number of amides is 2. The average Bonchev–Trinajstić information content (AvgIpc) is 2.90. The van der Waals surface area contributed by atoms with Crippen LogP contribution in [-0.4, -0.2) is 18.2 Å². The van der Waals surface area contributed by atoms with Crippen molar-refractivity contribution >= 4 is 11.7 Å². The van der Waals surface area contributed by atoms with Crippen LogP contribution < -0.4 is 16.0 Å². The Hall–Kier alpha value is -2.34. The van der Waals surface area contributed by atoms with Crippen LogP contribution in [0.1, 0.15) is 30.0 Å². The maximum atomic E-state index is 11.8. The number of carbonyl (C=O) groups is 1. The second kappa shape index (κ2) is 6.90. The zero-order valence-corrected chi connectivity index (χ0v) is 12.4. The highest BCUT2D eigenvalue weighted by molar-refractivity contribution is 5.89. The molecule has 2 amide bonds. The monoisotopic (exact) mass is 288 g/mol. The standard InChI is InChI=1S/C15H20N4O2/c1-10-7-14(21-19-10)9-17-15(20)18-13-6-4-5-12(8-13)11(2)16-3/h4-8,11,16H,9H2,1-3H3,(H2,17,18,20). The van der Waals surface area contributed by atoms with Crippen molar-refractivity contribution in [3.05, 3.63) is 47.3 Å². The van der Waals surface area contributed by atoms with Gasteiger partial charge in [0.25, 0.3) is 0 Å². The molecule has 1 aromatic heterocycles. The maximum Gasteiger partial charge on any atom is 0.319 e. The van der Waals surface area contributed by atoms with Crippen LogP contribution in [0.5, 0.6) is 0 Å². The fourth-order valence-electron chi connectivity index (χ4n) is 1.89. The average molecular weight is 288 g/mol. The van der Waals surface area contributed by atoms with Crippen molar-refractivity contribution in [2.45, 2.75) is 26.4 Å².